The molecule has 0 bridgehead atoms. The number of nitrogens with zero attached hydrogens (tertiary/aromatic N) is 1. The van der Waals surface area contributed by atoms with Gasteiger partial charge in [0.25, 0.3) is 0 Å². The van der Waals surface area contributed by atoms with Crippen LogP contribution in [0, 0.1) is 5.92 Å². The van der Waals surface area contributed by atoms with E-state index in [2.05, 4.69) is 10.3 Å². The van der Waals surface area contributed by atoms with Gasteiger partial charge in [-0.05, 0) is 25.2 Å². The molecular weight excluding hydrogens is 178 g/mol. The van der Waals surface area contributed by atoms with Crippen LogP contribution >= 0.6 is 0 Å². The second kappa shape index (κ2) is 5.86. The number of aliphatic imine (C=N–C) groups is 1. The van der Waals surface area contributed by atoms with Crippen LogP contribution in [0.2, 0.25) is 0 Å². The van der Waals surface area contributed by atoms with E-state index in [1.54, 1.807) is 7.05 Å². The Hall–Kier alpha value is -0.770. The van der Waals surface area contributed by atoms with Gasteiger partial charge in [0.05, 0.1) is 6.10 Å². The fourth-order valence-corrected chi connectivity index (χ4v) is 2.01. The van der Waals surface area contributed by atoms with Gasteiger partial charge in [-0.3, -0.25) is 4.99 Å². The first-order chi connectivity index (χ1) is 6.72. The molecule has 1 saturated carbocycles. The molecule has 4 nitrogen and oxygen atoms in total. The zero-order valence-electron chi connectivity index (χ0n) is 8.87. The maximum atomic E-state index is 9.47. The van der Waals surface area contributed by atoms with Crippen LogP contribution in [0.1, 0.15) is 32.1 Å². The third kappa shape index (κ3) is 3.96. The fourth-order valence-electron chi connectivity index (χ4n) is 2.01. The van der Waals surface area contributed by atoms with Crippen LogP contribution in [0.4, 0.5) is 0 Å². The molecule has 14 heavy (non-hydrogen) atoms. The molecule has 1 aliphatic carbocycles. The summed E-state index contributed by atoms with van der Waals surface area (Å²) in [4.78, 5) is 3.82. The molecule has 2 atom stereocenters. The maximum absolute atomic E-state index is 9.47. The van der Waals surface area contributed by atoms with Crippen molar-refractivity contribution in [1.82, 2.24) is 5.32 Å². The Balaban J connectivity index is 2.11. The van der Waals surface area contributed by atoms with E-state index in [4.69, 9.17) is 5.73 Å². The van der Waals surface area contributed by atoms with Gasteiger partial charge >= 0.3 is 0 Å². The Morgan fingerprint density at radius 3 is 3.00 bits per heavy atom. The molecule has 1 aliphatic rings. The third-order valence-electron chi connectivity index (χ3n) is 2.85. The molecule has 82 valence electrons. The van der Waals surface area contributed by atoms with E-state index >= 15 is 0 Å². The summed E-state index contributed by atoms with van der Waals surface area (Å²) >= 11 is 0. The molecule has 0 saturated heterocycles. The second-order valence-electron chi connectivity index (χ2n) is 4.01. The van der Waals surface area contributed by atoms with Crippen molar-refractivity contribution in [3.8, 4) is 0 Å². The molecule has 1 rings (SSSR count). The number of aliphatic hydroxyl groups is 1. The lowest BCUT2D eigenvalue weighted by Crippen LogP contribution is -2.33. The van der Waals surface area contributed by atoms with Gasteiger partial charge < -0.3 is 16.2 Å². The number of nitrogens with two attached hydrogens (primary N) is 1. The van der Waals surface area contributed by atoms with Gasteiger partial charge in [0.15, 0.2) is 5.96 Å². The Kier molecular flexibility index (Phi) is 4.73. The highest BCUT2D eigenvalue weighted by molar-refractivity contribution is 5.77. The second-order valence-corrected chi connectivity index (χ2v) is 4.01. The van der Waals surface area contributed by atoms with Crippen molar-refractivity contribution < 1.29 is 5.11 Å². The van der Waals surface area contributed by atoms with Crippen LogP contribution in [-0.4, -0.2) is 30.8 Å². The van der Waals surface area contributed by atoms with E-state index in [0.717, 1.165) is 32.2 Å². The Labute approximate surface area is 85.6 Å². The van der Waals surface area contributed by atoms with E-state index < -0.39 is 0 Å². The van der Waals surface area contributed by atoms with Crippen LogP contribution in [-0.2, 0) is 0 Å². The van der Waals surface area contributed by atoms with E-state index in [9.17, 15) is 5.11 Å². The quantitative estimate of drug-likeness (QED) is 0.457. The van der Waals surface area contributed by atoms with Gasteiger partial charge in [-0.1, -0.05) is 12.8 Å². The normalized spacial score (nSPS) is 28.9. The van der Waals surface area contributed by atoms with Crippen molar-refractivity contribution in [2.24, 2.45) is 16.6 Å². The van der Waals surface area contributed by atoms with Gasteiger partial charge in [-0.2, -0.15) is 0 Å². The lowest BCUT2D eigenvalue weighted by Gasteiger charge is -2.25. The summed E-state index contributed by atoms with van der Waals surface area (Å²) in [7, 11) is 1.67. The highest BCUT2D eigenvalue weighted by atomic mass is 16.3. The molecule has 0 unspecified atom stereocenters. The number of nitrogens with one attached hydrogen (secondary N) is 1. The summed E-state index contributed by atoms with van der Waals surface area (Å²) in [5.41, 5.74) is 5.51. The number of aliphatic hydroxyl groups excluding tert-OH is 1. The first-order valence-electron chi connectivity index (χ1n) is 5.36. The highest BCUT2D eigenvalue weighted by Crippen LogP contribution is 2.26. The van der Waals surface area contributed by atoms with Crippen LogP contribution < -0.4 is 11.1 Å². The van der Waals surface area contributed by atoms with Crippen molar-refractivity contribution in [1.29, 1.82) is 0 Å². The lowest BCUT2D eigenvalue weighted by atomic mass is 9.85. The van der Waals surface area contributed by atoms with Gasteiger partial charge in [-0.25, -0.2) is 0 Å². The van der Waals surface area contributed by atoms with Gasteiger partial charge in [0, 0.05) is 13.6 Å². The Morgan fingerprint density at radius 1 is 1.57 bits per heavy atom. The Bertz CT molecular complexity index is 194. The first kappa shape index (κ1) is 11.3. The SMILES string of the molecule is CN=C(N)NCC[C@H]1CCC[C@H](O)C1. The smallest absolute Gasteiger partial charge is 0.188 e. The molecule has 4 N–H and O–H groups in total. The molecule has 0 heterocycles. The summed E-state index contributed by atoms with van der Waals surface area (Å²) < 4.78 is 0. The summed E-state index contributed by atoms with van der Waals surface area (Å²) in [6.07, 6.45) is 5.32. The van der Waals surface area contributed by atoms with Crippen LogP contribution in [0.15, 0.2) is 4.99 Å². The zero-order valence-corrected chi connectivity index (χ0v) is 8.87. The average molecular weight is 199 g/mol. The monoisotopic (exact) mass is 199 g/mol. The minimum absolute atomic E-state index is 0.0778. The maximum Gasteiger partial charge on any atom is 0.188 e. The van der Waals surface area contributed by atoms with Crippen LogP contribution in [0.3, 0.4) is 0 Å². The van der Waals surface area contributed by atoms with Gasteiger partial charge in [0.2, 0.25) is 0 Å². The van der Waals surface area contributed by atoms with Crippen LogP contribution in [0.5, 0.6) is 0 Å². The van der Waals surface area contributed by atoms with E-state index in [1.165, 1.54) is 6.42 Å². The van der Waals surface area contributed by atoms with Crippen LogP contribution in [0.25, 0.3) is 0 Å². The van der Waals surface area contributed by atoms with Gasteiger partial charge in [-0.15, -0.1) is 0 Å². The molecule has 0 radical (unpaired) electrons. The van der Waals surface area contributed by atoms with E-state index in [-0.39, 0.29) is 6.10 Å². The molecule has 0 aromatic rings. The lowest BCUT2D eigenvalue weighted by molar-refractivity contribution is 0.0987. The molecule has 0 amide bonds. The number of hydrogen-bond acceptors (Lipinski definition) is 2. The van der Waals surface area contributed by atoms with Gasteiger partial charge in [0.1, 0.15) is 0 Å². The van der Waals surface area contributed by atoms with Crippen molar-refractivity contribution in [2.75, 3.05) is 13.6 Å². The Morgan fingerprint density at radius 2 is 2.36 bits per heavy atom. The largest absolute Gasteiger partial charge is 0.393 e. The molecule has 0 aliphatic heterocycles. The summed E-state index contributed by atoms with van der Waals surface area (Å²) in [6, 6.07) is 0. The fraction of sp³-hybridized carbons (Fsp3) is 0.900. The van der Waals surface area contributed by atoms with Crippen molar-refractivity contribution in [2.45, 2.75) is 38.2 Å². The third-order valence-corrected chi connectivity index (χ3v) is 2.85. The average Bonchev–Trinajstić information content (AvgIpc) is 2.17. The first-order valence-corrected chi connectivity index (χ1v) is 5.36. The zero-order chi connectivity index (χ0) is 10.4. The minimum Gasteiger partial charge on any atom is -0.393 e. The van der Waals surface area contributed by atoms with E-state index in [0.29, 0.717) is 11.9 Å². The minimum atomic E-state index is -0.0778. The van der Waals surface area contributed by atoms with Crippen molar-refractivity contribution >= 4 is 5.96 Å². The molecular formula is C10H21N3O. The molecule has 0 spiro atoms. The molecule has 0 aromatic carbocycles. The van der Waals surface area contributed by atoms with E-state index in [1.807, 2.05) is 0 Å². The standard InChI is InChI=1S/C10H21N3O/c1-12-10(11)13-6-5-8-3-2-4-9(14)7-8/h8-9,14H,2-7H2,1H3,(H3,11,12,13)/t8-,9+/m1/s1. The topological polar surface area (TPSA) is 70.6 Å². The number of rotatable bonds is 3. The molecule has 0 aromatic heterocycles. The molecule has 4 heteroatoms. The van der Waals surface area contributed by atoms with Crippen molar-refractivity contribution in [3.63, 3.8) is 0 Å². The highest BCUT2D eigenvalue weighted by Gasteiger charge is 2.19. The molecule has 1 fully saturated rings. The summed E-state index contributed by atoms with van der Waals surface area (Å²) in [5, 5.41) is 12.5. The van der Waals surface area contributed by atoms with Crippen molar-refractivity contribution in [3.05, 3.63) is 0 Å². The summed E-state index contributed by atoms with van der Waals surface area (Å²) in [6.45, 7) is 0.862. The number of guanidine groups is 1. The summed E-state index contributed by atoms with van der Waals surface area (Å²) in [5.74, 6) is 1.15. The predicted octanol–water partition coefficient (Wildman–Crippen LogP) is 0.462. The number of hydrogen-bond donors (Lipinski definition) is 3. The predicted molar refractivity (Wildman–Crippen MR) is 58.1 cm³/mol.